The zero-order chi connectivity index (χ0) is 11.8. The molecule has 0 aliphatic heterocycles. The average molecular weight is 226 g/mol. The standard InChI is InChI=1S/C11H10N6/c1-17-6-15-11-9(17)5-14-10(16-11)7-4-13-3-2-8(7)12/h2-6H,1H3,(H2,12,13). The first kappa shape index (κ1) is 9.71. The number of nitrogens with zero attached hydrogens (tertiary/aromatic N) is 5. The van der Waals surface area contributed by atoms with E-state index >= 15 is 0 Å². The molecule has 0 aromatic carbocycles. The van der Waals surface area contributed by atoms with E-state index in [1.54, 1.807) is 31.0 Å². The van der Waals surface area contributed by atoms with E-state index in [0.29, 0.717) is 17.2 Å². The fourth-order valence-electron chi connectivity index (χ4n) is 1.64. The van der Waals surface area contributed by atoms with Gasteiger partial charge in [-0.15, -0.1) is 0 Å². The molecule has 0 radical (unpaired) electrons. The number of hydrogen-bond donors (Lipinski definition) is 1. The number of aromatic nitrogens is 5. The van der Waals surface area contributed by atoms with Gasteiger partial charge in [0.05, 0.1) is 18.1 Å². The lowest BCUT2D eigenvalue weighted by Crippen LogP contribution is -1.96. The summed E-state index contributed by atoms with van der Waals surface area (Å²) in [6.45, 7) is 0. The van der Waals surface area contributed by atoms with Crippen LogP contribution in [0, 0.1) is 0 Å². The lowest BCUT2D eigenvalue weighted by molar-refractivity contribution is 0.944. The lowest BCUT2D eigenvalue weighted by atomic mass is 10.2. The zero-order valence-electron chi connectivity index (χ0n) is 9.20. The van der Waals surface area contributed by atoms with Gasteiger partial charge in [-0.05, 0) is 6.07 Å². The minimum atomic E-state index is 0.543. The highest BCUT2D eigenvalue weighted by Gasteiger charge is 2.08. The minimum Gasteiger partial charge on any atom is -0.398 e. The highest BCUT2D eigenvalue weighted by molar-refractivity contribution is 5.76. The molecule has 0 saturated heterocycles. The highest BCUT2D eigenvalue weighted by Crippen LogP contribution is 2.21. The molecule has 6 nitrogen and oxygen atoms in total. The van der Waals surface area contributed by atoms with Crippen molar-refractivity contribution in [2.45, 2.75) is 0 Å². The van der Waals surface area contributed by atoms with Crippen LogP contribution < -0.4 is 5.73 Å². The normalized spacial score (nSPS) is 10.9. The third-order valence-electron chi connectivity index (χ3n) is 2.58. The number of nitrogens with two attached hydrogens (primary N) is 1. The SMILES string of the molecule is Cn1cnc2nc(-c3cnccc3N)ncc21. The molecule has 6 heteroatoms. The van der Waals surface area contributed by atoms with Crippen LogP contribution in [0.5, 0.6) is 0 Å². The molecule has 3 aromatic rings. The van der Waals surface area contributed by atoms with Crippen LogP contribution in [0.3, 0.4) is 0 Å². The predicted molar refractivity (Wildman–Crippen MR) is 63.9 cm³/mol. The Balaban J connectivity index is 2.22. The van der Waals surface area contributed by atoms with Crippen LogP contribution in [-0.2, 0) is 7.05 Å². The van der Waals surface area contributed by atoms with Gasteiger partial charge in [0.1, 0.15) is 5.52 Å². The van der Waals surface area contributed by atoms with E-state index in [0.717, 1.165) is 11.1 Å². The van der Waals surface area contributed by atoms with E-state index in [9.17, 15) is 0 Å². The van der Waals surface area contributed by atoms with Crippen LogP contribution >= 0.6 is 0 Å². The quantitative estimate of drug-likeness (QED) is 0.669. The van der Waals surface area contributed by atoms with Gasteiger partial charge in [-0.3, -0.25) is 4.98 Å². The topological polar surface area (TPSA) is 82.5 Å². The summed E-state index contributed by atoms with van der Waals surface area (Å²) in [4.78, 5) is 16.8. The molecule has 0 fully saturated rings. The second-order valence-electron chi connectivity index (χ2n) is 3.72. The van der Waals surface area contributed by atoms with Crippen molar-refractivity contribution in [3.8, 4) is 11.4 Å². The molecule has 0 bridgehead atoms. The highest BCUT2D eigenvalue weighted by atomic mass is 15.1. The predicted octanol–water partition coefficient (Wildman–Crippen LogP) is 1.01. The van der Waals surface area contributed by atoms with Crippen LogP contribution in [0.25, 0.3) is 22.6 Å². The second-order valence-corrected chi connectivity index (χ2v) is 3.72. The molecular weight excluding hydrogens is 216 g/mol. The third-order valence-corrected chi connectivity index (χ3v) is 2.58. The summed E-state index contributed by atoms with van der Waals surface area (Å²) in [5.74, 6) is 0.543. The van der Waals surface area contributed by atoms with Gasteiger partial charge >= 0.3 is 0 Å². The molecule has 3 aromatic heterocycles. The first-order valence-corrected chi connectivity index (χ1v) is 5.09. The number of imidazole rings is 1. The van der Waals surface area contributed by atoms with Gasteiger partial charge in [0.2, 0.25) is 0 Å². The van der Waals surface area contributed by atoms with E-state index in [2.05, 4.69) is 19.9 Å². The summed E-state index contributed by atoms with van der Waals surface area (Å²) in [5.41, 5.74) is 8.72. The van der Waals surface area contributed by atoms with Crippen LogP contribution in [0.4, 0.5) is 5.69 Å². The Labute approximate surface area is 97.2 Å². The van der Waals surface area contributed by atoms with Crippen molar-refractivity contribution in [2.24, 2.45) is 7.05 Å². The van der Waals surface area contributed by atoms with Crippen molar-refractivity contribution in [2.75, 3.05) is 5.73 Å². The molecular formula is C11H10N6. The van der Waals surface area contributed by atoms with Crippen molar-refractivity contribution in [3.05, 3.63) is 31.0 Å². The number of aryl methyl sites for hydroxylation is 1. The molecule has 0 atom stereocenters. The summed E-state index contributed by atoms with van der Waals surface area (Å²) in [7, 11) is 1.90. The van der Waals surface area contributed by atoms with Gasteiger partial charge in [-0.2, -0.15) is 0 Å². The molecule has 3 rings (SSSR count). The van der Waals surface area contributed by atoms with E-state index < -0.39 is 0 Å². The Morgan fingerprint density at radius 1 is 1.24 bits per heavy atom. The first-order chi connectivity index (χ1) is 8.25. The van der Waals surface area contributed by atoms with Gasteiger partial charge in [0.25, 0.3) is 0 Å². The number of nitrogen functional groups attached to an aromatic ring is 1. The molecule has 0 unspecified atom stereocenters. The van der Waals surface area contributed by atoms with Gasteiger partial charge in [0.15, 0.2) is 11.5 Å². The van der Waals surface area contributed by atoms with Gasteiger partial charge in [-0.1, -0.05) is 0 Å². The van der Waals surface area contributed by atoms with Crippen molar-refractivity contribution in [1.29, 1.82) is 0 Å². The third kappa shape index (κ3) is 1.50. The second kappa shape index (κ2) is 3.51. The number of fused-ring (bicyclic) bond motifs is 1. The maximum atomic E-state index is 5.86. The lowest BCUT2D eigenvalue weighted by Gasteiger charge is -2.02. The van der Waals surface area contributed by atoms with Crippen LogP contribution in [-0.4, -0.2) is 24.5 Å². The van der Waals surface area contributed by atoms with Crippen molar-refractivity contribution in [1.82, 2.24) is 24.5 Å². The molecule has 0 aliphatic rings. The van der Waals surface area contributed by atoms with Crippen LogP contribution in [0.2, 0.25) is 0 Å². The fraction of sp³-hybridized carbons (Fsp3) is 0.0909. The first-order valence-electron chi connectivity index (χ1n) is 5.09. The van der Waals surface area contributed by atoms with Crippen molar-refractivity contribution < 1.29 is 0 Å². The molecule has 84 valence electrons. The summed E-state index contributed by atoms with van der Waals surface area (Å²) < 4.78 is 1.87. The molecule has 17 heavy (non-hydrogen) atoms. The summed E-state index contributed by atoms with van der Waals surface area (Å²) in [6.07, 6.45) is 6.73. The van der Waals surface area contributed by atoms with E-state index in [1.807, 2.05) is 11.6 Å². The monoisotopic (exact) mass is 226 g/mol. The maximum Gasteiger partial charge on any atom is 0.181 e. The number of anilines is 1. The largest absolute Gasteiger partial charge is 0.398 e. The Hall–Kier alpha value is -2.50. The zero-order valence-corrected chi connectivity index (χ0v) is 9.20. The Kier molecular flexibility index (Phi) is 2.01. The molecule has 0 aliphatic carbocycles. The van der Waals surface area contributed by atoms with Gasteiger partial charge in [0, 0.05) is 25.1 Å². The number of hydrogen-bond acceptors (Lipinski definition) is 5. The molecule has 2 N–H and O–H groups in total. The average Bonchev–Trinajstić information content (AvgIpc) is 2.71. The Morgan fingerprint density at radius 3 is 2.94 bits per heavy atom. The Bertz CT molecular complexity index is 687. The van der Waals surface area contributed by atoms with E-state index in [4.69, 9.17) is 5.73 Å². The van der Waals surface area contributed by atoms with Crippen LogP contribution in [0.15, 0.2) is 31.0 Å². The fourth-order valence-corrected chi connectivity index (χ4v) is 1.64. The van der Waals surface area contributed by atoms with E-state index in [-0.39, 0.29) is 0 Å². The number of pyridine rings is 1. The summed E-state index contributed by atoms with van der Waals surface area (Å²) in [6, 6.07) is 1.72. The van der Waals surface area contributed by atoms with Gasteiger partial charge < -0.3 is 10.3 Å². The minimum absolute atomic E-state index is 0.543. The number of rotatable bonds is 1. The van der Waals surface area contributed by atoms with Crippen molar-refractivity contribution >= 4 is 16.9 Å². The smallest absolute Gasteiger partial charge is 0.181 e. The van der Waals surface area contributed by atoms with Gasteiger partial charge in [-0.25, -0.2) is 15.0 Å². The Morgan fingerprint density at radius 2 is 2.12 bits per heavy atom. The molecule has 3 heterocycles. The maximum absolute atomic E-state index is 5.86. The molecule has 0 spiro atoms. The van der Waals surface area contributed by atoms with E-state index in [1.165, 1.54) is 0 Å². The molecule has 0 saturated carbocycles. The summed E-state index contributed by atoms with van der Waals surface area (Å²) >= 11 is 0. The van der Waals surface area contributed by atoms with Crippen LogP contribution in [0.1, 0.15) is 0 Å². The summed E-state index contributed by atoms with van der Waals surface area (Å²) in [5, 5.41) is 0. The van der Waals surface area contributed by atoms with Crippen molar-refractivity contribution in [3.63, 3.8) is 0 Å². The molecule has 0 amide bonds.